The maximum absolute atomic E-state index is 12.0. The van der Waals surface area contributed by atoms with Gasteiger partial charge >= 0.3 is 5.69 Å². The molecular formula is C15H27N3O. The van der Waals surface area contributed by atoms with Gasteiger partial charge in [0.15, 0.2) is 0 Å². The molecule has 0 aliphatic heterocycles. The maximum atomic E-state index is 12.0. The smallest absolute Gasteiger partial charge is 0.312 e. The van der Waals surface area contributed by atoms with Gasteiger partial charge in [0.05, 0.1) is 0 Å². The molecule has 2 rings (SSSR count). The summed E-state index contributed by atoms with van der Waals surface area (Å²) in [5, 5.41) is 3.60. The second kappa shape index (κ2) is 6.42. The van der Waals surface area contributed by atoms with Gasteiger partial charge in [0.2, 0.25) is 0 Å². The molecule has 0 saturated heterocycles. The van der Waals surface area contributed by atoms with Crippen LogP contribution in [0.5, 0.6) is 0 Å². The van der Waals surface area contributed by atoms with E-state index in [1.54, 1.807) is 9.13 Å². The van der Waals surface area contributed by atoms with E-state index in [0.717, 1.165) is 19.0 Å². The Morgan fingerprint density at radius 2 is 2.16 bits per heavy atom. The van der Waals surface area contributed by atoms with E-state index in [9.17, 15) is 4.79 Å². The minimum atomic E-state index is 0.105. The van der Waals surface area contributed by atoms with Crippen molar-refractivity contribution < 1.29 is 0 Å². The molecule has 1 fully saturated rings. The van der Waals surface area contributed by atoms with E-state index in [0.29, 0.717) is 6.04 Å². The molecule has 0 bridgehead atoms. The van der Waals surface area contributed by atoms with Crippen LogP contribution in [-0.2, 0) is 6.54 Å². The van der Waals surface area contributed by atoms with Crippen LogP contribution in [0.15, 0.2) is 17.2 Å². The third-order valence-electron chi connectivity index (χ3n) is 4.15. The minimum absolute atomic E-state index is 0.105. The second-order valence-corrected chi connectivity index (χ2v) is 6.20. The van der Waals surface area contributed by atoms with Crippen molar-refractivity contribution in [2.45, 2.75) is 65.1 Å². The molecule has 1 aromatic rings. The molecule has 1 N–H and O–H groups in total. The van der Waals surface area contributed by atoms with Gasteiger partial charge in [-0.1, -0.05) is 19.8 Å². The first-order chi connectivity index (χ1) is 9.08. The largest absolute Gasteiger partial charge is 0.328 e. The Morgan fingerprint density at radius 1 is 1.37 bits per heavy atom. The lowest BCUT2D eigenvalue weighted by Gasteiger charge is -2.27. The van der Waals surface area contributed by atoms with Gasteiger partial charge in [-0.15, -0.1) is 0 Å². The highest BCUT2D eigenvalue weighted by atomic mass is 16.1. The molecule has 19 heavy (non-hydrogen) atoms. The summed E-state index contributed by atoms with van der Waals surface area (Å²) in [6.07, 6.45) is 9.05. The van der Waals surface area contributed by atoms with Crippen LogP contribution in [0.3, 0.4) is 0 Å². The Bertz CT molecular complexity index is 446. The van der Waals surface area contributed by atoms with Crippen molar-refractivity contribution in [3.63, 3.8) is 0 Å². The van der Waals surface area contributed by atoms with Crippen molar-refractivity contribution in [3.8, 4) is 0 Å². The number of imidazole rings is 1. The summed E-state index contributed by atoms with van der Waals surface area (Å²) >= 11 is 0. The SMILES string of the molecule is CC1CCCC(NCCn2ccn(C(C)C)c2=O)C1. The number of aromatic nitrogens is 2. The van der Waals surface area contributed by atoms with Crippen LogP contribution in [0.1, 0.15) is 52.5 Å². The van der Waals surface area contributed by atoms with Crippen molar-refractivity contribution in [3.05, 3.63) is 22.9 Å². The third-order valence-corrected chi connectivity index (χ3v) is 4.15. The quantitative estimate of drug-likeness (QED) is 0.888. The normalized spacial score (nSPS) is 24.0. The number of nitrogens with zero attached hydrogens (tertiary/aromatic N) is 2. The highest BCUT2D eigenvalue weighted by molar-refractivity contribution is 4.84. The molecule has 0 aromatic carbocycles. The van der Waals surface area contributed by atoms with E-state index < -0.39 is 0 Å². The van der Waals surface area contributed by atoms with E-state index in [-0.39, 0.29) is 11.7 Å². The van der Waals surface area contributed by atoms with Crippen molar-refractivity contribution in [2.75, 3.05) is 6.54 Å². The molecule has 2 unspecified atom stereocenters. The summed E-state index contributed by atoms with van der Waals surface area (Å²) < 4.78 is 3.59. The van der Waals surface area contributed by atoms with Crippen LogP contribution >= 0.6 is 0 Å². The highest BCUT2D eigenvalue weighted by Crippen LogP contribution is 2.23. The number of rotatable bonds is 5. The zero-order chi connectivity index (χ0) is 13.8. The molecule has 1 aromatic heterocycles. The fourth-order valence-electron chi connectivity index (χ4n) is 3.00. The molecule has 1 aliphatic rings. The summed E-state index contributed by atoms with van der Waals surface area (Å²) in [5.74, 6) is 0.844. The summed E-state index contributed by atoms with van der Waals surface area (Å²) in [5.41, 5.74) is 0.105. The van der Waals surface area contributed by atoms with Crippen molar-refractivity contribution in [1.82, 2.24) is 14.5 Å². The number of hydrogen-bond donors (Lipinski definition) is 1. The molecule has 4 nitrogen and oxygen atoms in total. The molecule has 1 saturated carbocycles. The Labute approximate surface area is 115 Å². The second-order valence-electron chi connectivity index (χ2n) is 6.20. The maximum Gasteiger partial charge on any atom is 0.328 e. The molecule has 4 heteroatoms. The number of nitrogens with one attached hydrogen (secondary N) is 1. The Kier molecular flexibility index (Phi) is 4.86. The van der Waals surface area contributed by atoms with Gasteiger partial charge in [-0.05, 0) is 32.6 Å². The summed E-state index contributed by atoms with van der Waals surface area (Å²) in [6, 6.07) is 0.882. The van der Waals surface area contributed by atoms with Gasteiger partial charge in [-0.25, -0.2) is 4.79 Å². The summed E-state index contributed by atoms with van der Waals surface area (Å²) in [7, 11) is 0. The van der Waals surface area contributed by atoms with Crippen molar-refractivity contribution >= 4 is 0 Å². The molecule has 0 amide bonds. The lowest BCUT2D eigenvalue weighted by molar-refractivity contribution is 0.299. The van der Waals surface area contributed by atoms with Gasteiger partial charge in [-0.3, -0.25) is 9.13 Å². The van der Waals surface area contributed by atoms with Gasteiger partial charge in [0.1, 0.15) is 0 Å². The first-order valence-electron chi connectivity index (χ1n) is 7.58. The van der Waals surface area contributed by atoms with E-state index in [2.05, 4.69) is 12.2 Å². The zero-order valence-corrected chi connectivity index (χ0v) is 12.4. The van der Waals surface area contributed by atoms with Gasteiger partial charge in [0.25, 0.3) is 0 Å². The van der Waals surface area contributed by atoms with Crippen LogP contribution in [0.25, 0.3) is 0 Å². The van der Waals surface area contributed by atoms with E-state index >= 15 is 0 Å². The highest BCUT2D eigenvalue weighted by Gasteiger charge is 2.17. The van der Waals surface area contributed by atoms with Gasteiger partial charge < -0.3 is 5.32 Å². The van der Waals surface area contributed by atoms with E-state index in [1.807, 2.05) is 26.2 Å². The fraction of sp³-hybridized carbons (Fsp3) is 0.800. The summed E-state index contributed by atoms with van der Waals surface area (Å²) in [6.45, 7) is 8.06. The van der Waals surface area contributed by atoms with Crippen LogP contribution in [0.2, 0.25) is 0 Å². The molecular weight excluding hydrogens is 238 g/mol. The zero-order valence-electron chi connectivity index (χ0n) is 12.4. The fourth-order valence-corrected chi connectivity index (χ4v) is 3.00. The van der Waals surface area contributed by atoms with Crippen molar-refractivity contribution in [1.29, 1.82) is 0 Å². The Hall–Kier alpha value is -1.03. The lowest BCUT2D eigenvalue weighted by Crippen LogP contribution is -2.37. The van der Waals surface area contributed by atoms with Crippen LogP contribution < -0.4 is 11.0 Å². The van der Waals surface area contributed by atoms with Gasteiger partial charge in [-0.2, -0.15) is 0 Å². The molecule has 0 radical (unpaired) electrons. The molecule has 2 atom stereocenters. The van der Waals surface area contributed by atoms with E-state index in [1.165, 1.54) is 25.7 Å². The monoisotopic (exact) mass is 265 g/mol. The Balaban J connectivity index is 1.81. The molecule has 1 aliphatic carbocycles. The molecule has 108 valence electrons. The summed E-state index contributed by atoms with van der Waals surface area (Å²) in [4.78, 5) is 12.0. The first kappa shape index (κ1) is 14.4. The van der Waals surface area contributed by atoms with Crippen LogP contribution in [-0.4, -0.2) is 21.7 Å². The van der Waals surface area contributed by atoms with Crippen LogP contribution in [0, 0.1) is 5.92 Å². The van der Waals surface area contributed by atoms with Crippen molar-refractivity contribution in [2.24, 2.45) is 5.92 Å². The molecule has 0 spiro atoms. The standard InChI is InChI=1S/C15H27N3O/c1-12(2)18-10-9-17(15(18)19)8-7-16-14-6-4-5-13(3)11-14/h9-10,12-14,16H,4-8,11H2,1-3H3. The predicted molar refractivity (Wildman–Crippen MR) is 78.5 cm³/mol. The predicted octanol–water partition coefficient (Wildman–Crippen LogP) is 2.40. The number of hydrogen-bond acceptors (Lipinski definition) is 2. The Morgan fingerprint density at radius 3 is 2.79 bits per heavy atom. The van der Waals surface area contributed by atoms with Crippen LogP contribution in [0.4, 0.5) is 0 Å². The lowest BCUT2D eigenvalue weighted by atomic mass is 9.87. The third kappa shape index (κ3) is 3.72. The topological polar surface area (TPSA) is 39.0 Å². The van der Waals surface area contributed by atoms with E-state index in [4.69, 9.17) is 0 Å². The minimum Gasteiger partial charge on any atom is -0.312 e. The average molecular weight is 265 g/mol. The van der Waals surface area contributed by atoms with Gasteiger partial charge in [0, 0.05) is 37.6 Å². The molecule has 1 heterocycles. The average Bonchev–Trinajstić information content (AvgIpc) is 2.71. The first-order valence-corrected chi connectivity index (χ1v) is 7.58.